The first-order valence-electron chi connectivity index (χ1n) is 14.2. The van der Waals surface area contributed by atoms with Crippen molar-refractivity contribution in [3.05, 3.63) is 0 Å². The maximum absolute atomic E-state index is 11.8. The minimum atomic E-state index is -1.73. The Morgan fingerprint density at radius 2 is 1.41 bits per heavy atom. The molecule has 5 rings (SSSR count). The molecule has 10 atom stereocenters. The molecule has 0 radical (unpaired) electrons. The highest BCUT2D eigenvalue weighted by atomic mass is 16.5. The van der Waals surface area contributed by atoms with Crippen LogP contribution in [0.3, 0.4) is 0 Å². The summed E-state index contributed by atoms with van der Waals surface area (Å²) in [6.45, 7) is 17.9. The normalized spacial score (nSPS) is 56.1. The predicted octanol–water partition coefficient (Wildman–Crippen LogP) is 5.51. The summed E-state index contributed by atoms with van der Waals surface area (Å²) in [5.41, 5.74) is -1.06. The molecule has 5 aliphatic carbocycles. The largest absolute Gasteiger partial charge is 0.393 e. The maximum atomic E-state index is 11.8. The molecule has 0 bridgehead atoms. The summed E-state index contributed by atoms with van der Waals surface area (Å²) in [7, 11) is 0. The Bertz CT molecular complexity index is 843. The standard InChI is InChI=1S/C30H52O4/c1-24(2)23-20(31)17-29(8)21(27(23,6)14-16-30(24,33)34)10-9-19-22-18(25(3,4)32)11-12-26(22,5)13-15-28(19,29)7/h18-23,31-34H,9-17H2,1-8H3/t18-,19-,20-,21-,22-,23+,26-,27-,28-,29-/m1/s1. The average Bonchev–Trinajstić information content (AvgIpc) is 3.04. The van der Waals surface area contributed by atoms with Crippen molar-refractivity contribution in [2.24, 2.45) is 56.7 Å². The molecule has 5 fully saturated rings. The Labute approximate surface area is 207 Å². The first kappa shape index (κ1) is 25.5. The third-order valence-electron chi connectivity index (χ3n) is 13.8. The highest BCUT2D eigenvalue weighted by Crippen LogP contribution is 2.78. The van der Waals surface area contributed by atoms with Gasteiger partial charge in [-0.2, -0.15) is 0 Å². The van der Waals surface area contributed by atoms with Gasteiger partial charge in [-0.05, 0) is 111 Å². The van der Waals surface area contributed by atoms with E-state index in [9.17, 15) is 20.4 Å². The Morgan fingerprint density at radius 1 is 0.765 bits per heavy atom. The Balaban J connectivity index is 1.58. The van der Waals surface area contributed by atoms with E-state index in [1.54, 1.807) is 0 Å². The van der Waals surface area contributed by atoms with Gasteiger partial charge >= 0.3 is 0 Å². The monoisotopic (exact) mass is 476 g/mol. The second-order valence-electron chi connectivity index (χ2n) is 15.8. The van der Waals surface area contributed by atoms with Crippen LogP contribution in [0.2, 0.25) is 0 Å². The SMILES string of the molecule is CC(C)(O)[C@@H]1CC[C@]2(C)CC[C@]3(C)[C@H](CC[C@@H]4[C@@]5(C)CCC(O)(O)C(C)(C)[C@@H]5[C@H](O)C[C@]43C)[C@@H]12. The molecule has 0 heterocycles. The van der Waals surface area contributed by atoms with Crippen LogP contribution in [0.25, 0.3) is 0 Å². The summed E-state index contributed by atoms with van der Waals surface area (Å²) in [4.78, 5) is 0. The first-order chi connectivity index (χ1) is 15.4. The van der Waals surface area contributed by atoms with Crippen molar-refractivity contribution in [3.63, 3.8) is 0 Å². The molecule has 196 valence electrons. The summed E-state index contributed by atoms with van der Waals surface area (Å²) in [6.07, 6.45) is 8.50. The van der Waals surface area contributed by atoms with E-state index in [4.69, 9.17) is 0 Å². The Morgan fingerprint density at radius 3 is 2.03 bits per heavy atom. The first-order valence-corrected chi connectivity index (χ1v) is 14.2. The molecule has 4 nitrogen and oxygen atoms in total. The third-order valence-corrected chi connectivity index (χ3v) is 13.8. The number of rotatable bonds is 1. The molecular formula is C30H52O4. The number of fused-ring (bicyclic) bond motifs is 7. The molecule has 4 N–H and O–H groups in total. The molecular weight excluding hydrogens is 424 g/mol. The molecule has 0 unspecified atom stereocenters. The van der Waals surface area contributed by atoms with E-state index in [1.807, 2.05) is 27.7 Å². The lowest BCUT2D eigenvalue weighted by Crippen LogP contribution is -2.71. The fourth-order valence-corrected chi connectivity index (χ4v) is 11.9. The Kier molecular flexibility index (Phi) is 5.27. The molecule has 0 saturated heterocycles. The summed E-state index contributed by atoms with van der Waals surface area (Å²) < 4.78 is 0. The van der Waals surface area contributed by atoms with Gasteiger partial charge in [-0.3, -0.25) is 0 Å². The van der Waals surface area contributed by atoms with Crippen LogP contribution in [0, 0.1) is 56.7 Å². The lowest BCUT2D eigenvalue weighted by atomic mass is 9.31. The molecule has 0 spiro atoms. The van der Waals surface area contributed by atoms with Gasteiger partial charge in [0.2, 0.25) is 0 Å². The van der Waals surface area contributed by atoms with Crippen molar-refractivity contribution >= 4 is 0 Å². The zero-order valence-corrected chi connectivity index (χ0v) is 23.1. The summed E-state index contributed by atoms with van der Waals surface area (Å²) in [6, 6.07) is 0. The second-order valence-corrected chi connectivity index (χ2v) is 15.8. The van der Waals surface area contributed by atoms with Crippen LogP contribution in [-0.2, 0) is 0 Å². The summed E-state index contributed by atoms with van der Waals surface area (Å²) in [5, 5.41) is 44.9. The van der Waals surface area contributed by atoms with Crippen LogP contribution in [0.4, 0.5) is 0 Å². The van der Waals surface area contributed by atoms with E-state index in [1.165, 1.54) is 25.7 Å². The van der Waals surface area contributed by atoms with E-state index in [0.717, 1.165) is 25.7 Å². The van der Waals surface area contributed by atoms with Gasteiger partial charge < -0.3 is 20.4 Å². The molecule has 0 amide bonds. The molecule has 5 aliphatic rings. The number of aliphatic hydroxyl groups is 4. The van der Waals surface area contributed by atoms with Gasteiger partial charge in [0.15, 0.2) is 5.79 Å². The smallest absolute Gasteiger partial charge is 0.168 e. The fourth-order valence-electron chi connectivity index (χ4n) is 11.9. The van der Waals surface area contributed by atoms with Crippen LogP contribution < -0.4 is 0 Å². The van der Waals surface area contributed by atoms with Crippen LogP contribution in [-0.4, -0.2) is 37.9 Å². The molecule has 0 aromatic heterocycles. The quantitative estimate of drug-likeness (QED) is 0.376. The lowest BCUT2D eigenvalue weighted by molar-refractivity contribution is -0.338. The van der Waals surface area contributed by atoms with Crippen molar-refractivity contribution in [2.75, 3.05) is 0 Å². The third kappa shape index (κ3) is 2.92. The Hall–Kier alpha value is -0.160. The van der Waals surface area contributed by atoms with Crippen LogP contribution in [0.1, 0.15) is 113 Å². The van der Waals surface area contributed by atoms with E-state index in [0.29, 0.717) is 35.5 Å². The van der Waals surface area contributed by atoms with Gasteiger partial charge in [0, 0.05) is 17.8 Å². The van der Waals surface area contributed by atoms with Gasteiger partial charge in [-0.1, -0.05) is 41.5 Å². The van der Waals surface area contributed by atoms with Gasteiger partial charge in [0.1, 0.15) is 0 Å². The fraction of sp³-hybridized carbons (Fsp3) is 1.00. The van der Waals surface area contributed by atoms with Gasteiger partial charge in [-0.25, -0.2) is 0 Å². The number of hydrogen-bond donors (Lipinski definition) is 4. The lowest BCUT2D eigenvalue weighted by Gasteiger charge is -2.74. The van der Waals surface area contributed by atoms with Crippen molar-refractivity contribution in [1.82, 2.24) is 0 Å². The minimum absolute atomic E-state index is 0.00957. The van der Waals surface area contributed by atoms with Gasteiger partial charge in [0.25, 0.3) is 0 Å². The van der Waals surface area contributed by atoms with E-state index in [2.05, 4.69) is 27.7 Å². The van der Waals surface area contributed by atoms with E-state index in [-0.39, 0.29) is 22.2 Å². The summed E-state index contributed by atoms with van der Waals surface area (Å²) in [5.74, 6) is 0.0748. The van der Waals surface area contributed by atoms with Gasteiger partial charge in [0.05, 0.1) is 11.7 Å². The van der Waals surface area contributed by atoms with Crippen LogP contribution in [0.15, 0.2) is 0 Å². The highest BCUT2D eigenvalue weighted by molar-refractivity contribution is 5.21. The highest BCUT2D eigenvalue weighted by Gasteiger charge is 2.73. The number of hydrogen-bond acceptors (Lipinski definition) is 4. The van der Waals surface area contributed by atoms with Crippen molar-refractivity contribution in [2.45, 2.75) is 131 Å². The molecule has 0 aliphatic heterocycles. The van der Waals surface area contributed by atoms with Crippen molar-refractivity contribution in [1.29, 1.82) is 0 Å². The molecule has 34 heavy (non-hydrogen) atoms. The minimum Gasteiger partial charge on any atom is -0.393 e. The topological polar surface area (TPSA) is 80.9 Å². The van der Waals surface area contributed by atoms with E-state index >= 15 is 0 Å². The van der Waals surface area contributed by atoms with Gasteiger partial charge in [-0.15, -0.1) is 0 Å². The predicted molar refractivity (Wildman–Crippen MR) is 135 cm³/mol. The number of aliphatic hydroxyl groups excluding tert-OH is 1. The molecule has 5 saturated carbocycles. The van der Waals surface area contributed by atoms with Crippen LogP contribution in [0.5, 0.6) is 0 Å². The van der Waals surface area contributed by atoms with Crippen LogP contribution >= 0.6 is 0 Å². The zero-order valence-electron chi connectivity index (χ0n) is 23.1. The molecule has 0 aromatic carbocycles. The van der Waals surface area contributed by atoms with Crippen molar-refractivity contribution in [3.8, 4) is 0 Å². The maximum Gasteiger partial charge on any atom is 0.168 e. The second kappa shape index (κ2) is 7.03. The van der Waals surface area contributed by atoms with Crippen molar-refractivity contribution < 1.29 is 20.4 Å². The zero-order chi connectivity index (χ0) is 25.3. The molecule has 0 aromatic rings. The average molecular weight is 477 g/mol. The van der Waals surface area contributed by atoms with E-state index < -0.39 is 22.9 Å². The summed E-state index contributed by atoms with van der Waals surface area (Å²) >= 11 is 0. The molecule has 4 heteroatoms.